The molecule has 1 nitrogen and oxygen atoms in total. The standard InChI is InChI=1S/C14H23N/c1-11(2)15-13(4)8-9-14-7-5-6-12(3)10-14/h5-7,10-11,13,15H,8-9H2,1-4H3. The zero-order valence-electron chi connectivity index (χ0n) is 10.4. The number of hydrogen-bond acceptors (Lipinski definition) is 1. The molecule has 1 heteroatoms. The maximum atomic E-state index is 3.53. The molecule has 1 atom stereocenters. The molecule has 0 aliphatic carbocycles. The van der Waals surface area contributed by atoms with Crippen molar-refractivity contribution in [1.29, 1.82) is 0 Å². The molecule has 0 spiro atoms. The molecule has 0 bridgehead atoms. The molecule has 0 amide bonds. The van der Waals surface area contributed by atoms with Gasteiger partial charge in [0.05, 0.1) is 0 Å². The van der Waals surface area contributed by atoms with Crippen molar-refractivity contribution >= 4 is 0 Å². The summed E-state index contributed by atoms with van der Waals surface area (Å²) in [5, 5.41) is 3.53. The maximum Gasteiger partial charge on any atom is 0.00442 e. The Hall–Kier alpha value is -0.820. The van der Waals surface area contributed by atoms with Crippen LogP contribution in [-0.2, 0) is 6.42 Å². The Bertz CT molecular complexity index is 291. The molecule has 0 heterocycles. The third-order valence-electron chi connectivity index (χ3n) is 2.57. The monoisotopic (exact) mass is 205 g/mol. The highest BCUT2D eigenvalue weighted by Crippen LogP contribution is 2.08. The molecular formula is C14H23N. The van der Waals surface area contributed by atoms with Crippen molar-refractivity contribution in [3.63, 3.8) is 0 Å². The van der Waals surface area contributed by atoms with Crippen molar-refractivity contribution in [3.05, 3.63) is 35.4 Å². The number of nitrogens with one attached hydrogen (secondary N) is 1. The molecular weight excluding hydrogens is 182 g/mol. The molecule has 1 unspecified atom stereocenters. The lowest BCUT2D eigenvalue weighted by molar-refractivity contribution is 0.466. The van der Waals surface area contributed by atoms with Gasteiger partial charge in [0.25, 0.3) is 0 Å². The summed E-state index contributed by atoms with van der Waals surface area (Å²) in [7, 11) is 0. The third-order valence-corrected chi connectivity index (χ3v) is 2.57. The molecule has 0 aliphatic rings. The van der Waals surface area contributed by atoms with E-state index >= 15 is 0 Å². The molecule has 0 radical (unpaired) electrons. The zero-order valence-corrected chi connectivity index (χ0v) is 10.4. The van der Waals surface area contributed by atoms with Crippen LogP contribution < -0.4 is 5.32 Å². The van der Waals surface area contributed by atoms with Gasteiger partial charge in [0.15, 0.2) is 0 Å². The molecule has 1 aromatic carbocycles. The highest BCUT2D eigenvalue weighted by Gasteiger charge is 2.03. The summed E-state index contributed by atoms with van der Waals surface area (Å²) in [4.78, 5) is 0. The maximum absolute atomic E-state index is 3.53. The van der Waals surface area contributed by atoms with E-state index < -0.39 is 0 Å². The minimum absolute atomic E-state index is 0.581. The van der Waals surface area contributed by atoms with Gasteiger partial charge in [-0.2, -0.15) is 0 Å². The predicted octanol–water partition coefficient (Wildman–Crippen LogP) is 3.31. The highest BCUT2D eigenvalue weighted by molar-refractivity contribution is 5.22. The van der Waals surface area contributed by atoms with Gasteiger partial charge < -0.3 is 5.32 Å². The molecule has 1 aromatic rings. The van der Waals surface area contributed by atoms with Crippen molar-refractivity contribution < 1.29 is 0 Å². The van der Waals surface area contributed by atoms with Crippen LogP contribution >= 0.6 is 0 Å². The Morgan fingerprint density at radius 2 is 1.93 bits per heavy atom. The van der Waals surface area contributed by atoms with E-state index in [0.29, 0.717) is 12.1 Å². The Labute approximate surface area is 93.9 Å². The highest BCUT2D eigenvalue weighted by atomic mass is 14.9. The molecule has 1 N–H and O–H groups in total. The van der Waals surface area contributed by atoms with Crippen LogP contribution in [0.15, 0.2) is 24.3 Å². The van der Waals surface area contributed by atoms with Gasteiger partial charge in [0, 0.05) is 12.1 Å². The summed E-state index contributed by atoms with van der Waals surface area (Å²) >= 11 is 0. The van der Waals surface area contributed by atoms with Crippen LogP contribution in [0.3, 0.4) is 0 Å². The first-order valence-corrected chi connectivity index (χ1v) is 5.89. The quantitative estimate of drug-likeness (QED) is 0.777. The Balaban J connectivity index is 2.36. The summed E-state index contributed by atoms with van der Waals surface area (Å²) < 4.78 is 0. The van der Waals surface area contributed by atoms with Crippen LogP contribution in [0.5, 0.6) is 0 Å². The third kappa shape index (κ3) is 4.98. The van der Waals surface area contributed by atoms with E-state index in [4.69, 9.17) is 0 Å². The molecule has 0 fully saturated rings. The van der Waals surface area contributed by atoms with E-state index in [1.165, 1.54) is 24.0 Å². The summed E-state index contributed by atoms with van der Waals surface area (Å²) in [6, 6.07) is 9.98. The molecule has 1 rings (SSSR count). The fourth-order valence-electron chi connectivity index (χ4n) is 1.90. The van der Waals surface area contributed by atoms with Crippen LogP contribution in [0.25, 0.3) is 0 Å². The van der Waals surface area contributed by atoms with Crippen molar-refractivity contribution in [3.8, 4) is 0 Å². The Kier molecular flexibility index (Phi) is 4.83. The first-order valence-electron chi connectivity index (χ1n) is 5.89. The predicted molar refractivity (Wildman–Crippen MR) is 67.2 cm³/mol. The lowest BCUT2D eigenvalue weighted by Crippen LogP contribution is -2.32. The Morgan fingerprint density at radius 1 is 1.20 bits per heavy atom. The van der Waals surface area contributed by atoms with Crippen LogP contribution in [0.2, 0.25) is 0 Å². The van der Waals surface area contributed by atoms with E-state index in [2.05, 4.69) is 57.3 Å². The van der Waals surface area contributed by atoms with Gasteiger partial charge >= 0.3 is 0 Å². The van der Waals surface area contributed by atoms with Gasteiger partial charge in [-0.05, 0) is 32.3 Å². The van der Waals surface area contributed by atoms with Crippen molar-refractivity contribution in [2.45, 2.75) is 52.6 Å². The van der Waals surface area contributed by atoms with E-state index in [1.54, 1.807) is 0 Å². The van der Waals surface area contributed by atoms with E-state index in [9.17, 15) is 0 Å². The van der Waals surface area contributed by atoms with Gasteiger partial charge in [-0.15, -0.1) is 0 Å². The molecule has 0 saturated carbocycles. The normalized spacial score (nSPS) is 13.1. The van der Waals surface area contributed by atoms with Crippen molar-refractivity contribution in [1.82, 2.24) is 5.32 Å². The summed E-state index contributed by atoms with van der Waals surface area (Å²) in [6.45, 7) is 8.81. The molecule has 84 valence electrons. The van der Waals surface area contributed by atoms with Crippen LogP contribution in [0, 0.1) is 6.92 Å². The summed E-state index contributed by atoms with van der Waals surface area (Å²) in [6.07, 6.45) is 2.38. The number of rotatable bonds is 5. The van der Waals surface area contributed by atoms with Gasteiger partial charge in [-0.25, -0.2) is 0 Å². The first-order chi connectivity index (χ1) is 7.08. The fourth-order valence-corrected chi connectivity index (χ4v) is 1.90. The number of hydrogen-bond donors (Lipinski definition) is 1. The second-order valence-electron chi connectivity index (χ2n) is 4.75. The fraction of sp³-hybridized carbons (Fsp3) is 0.571. The number of benzene rings is 1. The van der Waals surface area contributed by atoms with Crippen molar-refractivity contribution in [2.75, 3.05) is 0 Å². The smallest absolute Gasteiger partial charge is 0.00442 e. The molecule has 0 saturated heterocycles. The van der Waals surface area contributed by atoms with E-state index in [0.717, 1.165) is 0 Å². The second kappa shape index (κ2) is 5.92. The zero-order chi connectivity index (χ0) is 11.3. The lowest BCUT2D eigenvalue weighted by Gasteiger charge is -2.16. The molecule has 0 aliphatic heterocycles. The summed E-state index contributed by atoms with van der Waals surface area (Å²) in [5.74, 6) is 0. The minimum Gasteiger partial charge on any atom is -0.312 e. The van der Waals surface area contributed by atoms with Gasteiger partial charge in [-0.3, -0.25) is 0 Å². The second-order valence-corrected chi connectivity index (χ2v) is 4.75. The van der Waals surface area contributed by atoms with Crippen LogP contribution in [0.4, 0.5) is 0 Å². The molecule has 0 aromatic heterocycles. The molecule has 15 heavy (non-hydrogen) atoms. The van der Waals surface area contributed by atoms with Gasteiger partial charge in [0.1, 0.15) is 0 Å². The first kappa shape index (κ1) is 12.3. The van der Waals surface area contributed by atoms with Crippen molar-refractivity contribution in [2.24, 2.45) is 0 Å². The summed E-state index contributed by atoms with van der Waals surface area (Å²) in [5.41, 5.74) is 2.81. The van der Waals surface area contributed by atoms with E-state index in [1.807, 2.05) is 0 Å². The number of aryl methyl sites for hydroxylation is 2. The van der Waals surface area contributed by atoms with Gasteiger partial charge in [-0.1, -0.05) is 43.7 Å². The van der Waals surface area contributed by atoms with Gasteiger partial charge in [0.2, 0.25) is 0 Å². The average Bonchev–Trinajstić information content (AvgIpc) is 2.14. The lowest BCUT2D eigenvalue weighted by atomic mass is 10.0. The average molecular weight is 205 g/mol. The van der Waals surface area contributed by atoms with Crippen LogP contribution in [0.1, 0.15) is 38.3 Å². The minimum atomic E-state index is 0.581. The topological polar surface area (TPSA) is 12.0 Å². The van der Waals surface area contributed by atoms with Crippen LogP contribution in [-0.4, -0.2) is 12.1 Å². The SMILES string of the molecule is Cc1cccc(CCC(C)NC(C)C)c1. The van der Waals surface area contributed by atoms with E-state index in [-0.39, 0.29) is 0 Å². The largest absolute Gasteiger partial charge is 0.312 e. The Morgan fingerprint density at radius 3 is 2.53 bits per heavy atom.